The Morgan fingerprint density at radius 2 is 1.83 bits per heavy atom. The first kappa shape index (κ1) is 12.8. The van der Waals surface area contributed by atoms with Gasteiger partial charge in [-0.15, -0.1) is 0 Å². The number of hydrogen-bond donors (Lipinski definition) is 1. The third-order valence-electron chi connectivity index (χ3n) is 4.38. The molecule has 3 saturated heterocycles. The van der Waals surface area contributed by atoms with Crippen LogP contribution in [-0.4, -0.2) is 54.5 Å². The predicted molar refractivity (Wildman–Crippen MR) is 66.7 cm³/mol. The van der Waals surface area contributed by atoms with E-state index >= 15 is 0 Å². The van der Waals surface area contributed by atoms with Gasteiger partial charge in [-0.2, -0.15) is 4.31 Å². The summed E-state index contributed by atoms with van der Waals surface area (Å²) in [5, 5.41) is 9.71. The van der Waals surface area contributed by atoms with Crippen LogP contribution in [0.4, 0.5) is 0 Å². The molecule has 104 valence electrons. The normalized spacial score (nSPS) is 41.4. The van der Waals surface area contributed by atoms with Gasteiger partial charge < -0.3 is 9.84 Å². The van der Waals surface area contributed by atoms with Crippen molar-refractivity contribution in [2.75, 3.05) is 12.4 Å². The van der Waals surface area contributed by atoms with Crippen LogP contribution in [0.1, 0.15) is 38.5 Å². The minimum atomic E-state index is -3.23. The van der Waals surface area contributed by atoms with Gasteiger partial charge in [-0.05, 0) is 38.5 Å². The zero-order valence-corrected chi connectivity index (χ0v) is 11.3. The van der Waals surface area contributed by atoms with E-state index in [2.05, 4.69) is 0 Å². The van der Waals surface area contributed by atoms with E-state index in [4.69, 9.17) is 4.74 Å². The fraction of sp³-hybridized carbons (Fsp3) is 1.00. The van der Waals surface area contributed by atoms with Gasteiger partial charge >= 0.3 is 0 Å². The van der Waals surface area contributed by atoms with Gasteiger partial charge in [0, 0.05) is 18.7 Å². The minimum absolute atomic E-state index is 0.0187. The Balaban J connectivity index is 1.73. The zero-order chi connectivity index (χ0) is 12.8. The lowest BCUT2D eigenvalue weighted by Gasteiger charge is -2.36. The smallest absolute Gasteiger partial charge is 0.217 e. The topological polar surface area (TPSA) is 66.8 Å². The van der Waals surface area contributed by atoms with E-state index in [-0.39, 0.29) is 30.0 Å². The summed E-state index contributed by atoms with van der Waals surface area (Å²) in [7, 11) is -3.23. The Kier molecular flexibility index (Phi) is 3.38. The van der Waals surface area contributed by atoms with Crippen LogP contribution in [-0.2, 0) is 14.8 Å². The van der Waals surface area contributed by atoms with Crippen LogP contribution in [0.15, 0.2) is 0 Å². The summed E-state index contributed by atoms with van der Waals surface area (Å²) in [6.45, 7) is 0.686. The average molecular weight is 275 g/mol. The van der Waals surface area contributed by atoms with Crippen LogP contribution in [0.2, 0.25) is 0 Å². The van der Waals surface area contributed by atoms with Crippen LogP contribution in [0.3, 0.4) is 0 Å². The summed E-state index contributed by atoms with van der Waals surface area (Å²) in [6.07, 6.45) is 4.36. The van der Waals surface area contributed by atoms with Gasteiger partial charge in [0.15, 0.2) is 0 Å². The zero-order valence-electron chi connectivity index (χ0n) is 10.5. The first-order valence-electron chi connectivity index (χ1n) is 6.87. The maximum Gasteiger partial charge on any atom is 0.217 e. The van der Waals surface area contributed by atoms with Crippen LogP contribution in [0, 0.1) is 0 Å². The van der Waals surface area contributed by atoms with Gasteiger partial charge in [0.05, 0.1) is 18.0 Å². The molecule has 0 spiro atoms. The van der Waals surface area contributed by atoms with Crippen molar-refractivity contribution < 1.29 is 18.3 Å². The van der Waals surface area contributed by atoms with Crippen LogP contribution >= 0.6 is 0 Å². The lowest BCUT2D eigenvalue weighted by atomic mass is 10.0. The number of sulfonamides is 1. The Labute approximate surface area is 108 Å². The van der Waals surface area contributed by atoms with E-state index in [0.717, 1.165) is 25.7 Å². The fourth-order valence-corrected chi connectivity index (χ4v) is 5.85. The van der Waals surface area contributed by atoms with Gasteiger partial charge in [-0.25, -0.2) is 8.42 Å². The molecular weight excluding hydrogens is 254 g/mol. The van der Waals surface area contributed by atoms with Gasteiger partial charge in [0.1, 0.15) is 0 Å². The van der Waals surface area contributed by atoms with Gasteiger partial charge in [0.2, 0.25) is 10.0 Å². The summed E-state index contributed by atoms with van der Waals surface area (Å²) in [5.41, 5.74) is 0. The van der Waals surface area contributed by atoms with Crippen molar-refractivity contribution in [3.05, 3.63) is 0 Å². The highest BCUT2D eigenvalue weighted by Gasteiger charge is 2.46. The second-order valence-corrected chi connectivity index (χ2v) is 7.67. The lowest BCUT2D eigenvalue weighted by molar-refractivity contribution is 0.0753. The molecule has 0 amide bonds. The number of nitrogens with zero attached hydrogens (tertiary/aromatic N) is 1. The highest BCUT2D eigenvalue weighted by atomic mass is 32.2. The predicted octanol–water partition coefficient (Wildman–Crippen LogP) is 0.483. The molecule has 3 fully saturated rings. The van der Waals surface area contributed by atoms with Crippen molar-refractivity contribution in [2.24, 2.45) is 0 Å². The number of aliphatic hydroxyl groups excluding tert-OH is 1. The summed E-state index contributed by atoms with van der Waals surface area (Å²) in [4.78, 5) is 0. The Morgan fingerprint density at radius 1 is 1.17 bits per heavy atom. The summed E-state index contributed by atoms with van der Waals surface area (Å²) in [6, 6.07) is 0.0373. The minimum Gasteiger partial charge on any atom is -0.393 e. The second-order valence-electron chi connectivity index (χ2n) is 5.75. The van der Waals surface area contributed by atoms with E-state index in [9.17, 15) is 13.5 Å². The molecule has 3 atom stereocenters. The molecular formula is C12H21NO4S. The summed E-state index contributed by atoms with van der Waals surface area (Å²) >= 11 is 0. The first-order valence-corrected chi connectivity index (χ1v) is 8.48. The molecule has 2 bridgehead atoms. The van der Waals surface area contributed by atoms with Crippen LogP contribution in [0.5, 0.6) is 0 Å². The lowest BCUT2D eigenvalue weighted by Crippen LogP contribution is -2.49. The highest BCUT2D eigenvalue weighted by Crippen LogP contribution is 2.38. The fourth-order valence-electron chi connectivity index (χ4n) is 3.66. The monoisotopic (exact) mass is 275 g/mol. The van der Waals surface area contributed by atoms with Crippen molar-refractivity contribution in [3.8, 4) is 0 Å². The molecule has 3 heterocycles. The Hall–Kier alpha value is -0.170. The molecule has 3 rings (SSSR count). The molecule has 3 unspecified atom stereocenters. The standard InChI is InChI=1S/C12H21NO4S/c14-11-6-9-3-4-10(7-11)13(9)18(15,16)8-12-2-1-5-17-12/h9-12,14H,1-8H2. The molecule has 0 radical (unpaired) electrons. The quantitative estimate of drug-likeness (QED) is 0.813. The van der Waals surface area contributed by atoms with E-state index in [1.165, 1.54) is 0 Å². The number of hydrogen-bond acceptors (Lipinski definition) is 4. The summed E-state index contributed by atoms with van der Waals surface area (Å²) < 4.78 is 32.1. The molecule has 1 N–H and O–H groups in total. The molecule has 3 aliphatic rings. The third kappa shape index (κ3) is 2.31. The molecule has 0 aromatic rings. The molecule has 0 aromatic carbocycles. The molecule has 6 heteroatoms. The van der Waals surface area contributed by atoms with E-state index in [1.54, 1.807) is 4.31 Å². The maximum atomic E-state index is 12.5. The number of aliphatic hydroxyl groups is 1. The molecule has 18 heavy (non-hydrogen) atoms. The Morgan fingerprint density at radius 3 is 2.39 bits per heavy atom. The molecule has 0 aliphatic carbocycles. The largest absolute Gasteiger partial charge is 0.393 e. The molecule has 0 saturated carbocycles. The maximum absolute atomic E-state index is 12.5. The highest BCUT2D eigenvalue weighted by molar-refractivity contribution is 7.89. The number of fused-ring (bicyclic) bond motifs is 2. The van der Waals surface area contributed by atoms with Crippen molar-refractivity contribution in [3.63, 3.8) is 0 Å². The number of ether oxygens (including phenoxy) is 1. The number of piperidine rings is 1. The third-order valence-corrected chi connectivity index (χ3v) is 6.41. The van der Waals surface area contributed by atoms with Gasteiger partial charge in [-0.3, -0.25) is 0 Å². The van der Waals surface area contributed by atoms with Crippen molar-refractivity contribution in [1.82, 2.24) is 4.31 Å². The summed E-state index contributed by atoms with van der Waals surface area (Å²) in [5.74, 6) is 0.121. The Bertz CT molecular complexity index is 390. The van der Waals surface area contributed by atoms with E-state index in [0.29, 0.717) is 19.4 Å². The molecule has 0 aromatic heterocycles. The van der Waals surface area contributed by atoms with Gasteiger partial charge in [-0.1, -0.05) is 0 Å². The van der Waals surface area contributed by atoms with Crippen molar-refractivity contribution in [2.45, 2.75) is 62.8 Å². The molecule has 5 nitrogen and oxygen atoms in total. The van der Waals surface area contributed by atoms with Crippen LogP contribution < -0.4 is 0 Å². The first-order chi connectivity index (χ1) is 8.56. The molecule has 3 aliphatic heterocycles. The van der Waals surface area contributed by atoms with Crippen LogP contribution in [0.25, 0.3) is 0 Å². The van der Waals surface area contributed by atoms with E-state index < -0.39 is 10.0 Å². The van der Waals surface area contributed by atoms with Gasteiger partial charge in [0.25, 0.3) is 0 Å². The van der Waals surface area contributed by atoms with E-state index in [1.807, 2.05) is 0 Å². The SMILES string of the molecule is O=S(=O)(CC1CCCO1)N1C2CCC1CC(O)C2. The van der Waals surface area contributed by atoms with Crippen molar-refractivity contribution >= 4 is 10.0 Å². The average Bonchev–Trinajstić information content (AvgIpc) is 2.85. The van der Waals surface area contributed by atoms with Crippen molar-refractivity contribution in [1.29, 1.82) is 0 Å². The second kappa shape index (κ2) is 4.74. The number of rotatable bonds is 3.